The van der Waals surface area contributed by atoms with E-state index in [1.165, 1.54) is 7.11 Å². The summed E-state index contributed by atoms with van der Waals surface area (Å²) in [4.78, 5) is 11.5. The van der Waals surface area contributed by atoms with Gasteiger partial charge in [0.25, 0.3) is 0 Å². The van der Waals surface area contributed by atoms with Crippen molar-refractivity contribution in [1.82, 2.24) is 9.78 Å². The van der Waals surface area contributed by atoms with Crippen LogP contribution in [-0.2, 0) is 15.1 Å². The molecule has 2 rings (SSSR count). The van der Waals surface area contributed by atoms with Crippen LogP contribution in [-0.4, -0.2) is 22.9 Å². The summed E-state index contributed by atoms with van der Waals surface area (Å²) >= 11 is 0. The van der Waals surface area contributed by atoms with Crippen molar-refractivity contribution in [3.05, 3.63) is 17.5 Å². The molecule has 1 aliphatic rings. The average Bonchev–Trinajstić information content (AvgIpc) is 2.90. The molecule has 0 bridgehead atoms. The molecule has 1 fully saturated rings. The lowest BCUT2D eigenvalue weighted by Gasteiger charge is -2.12. The van der Waals surface area contributed by atoms with Crippen LogP contribution in [0.1, 0.15) is 24.1 Å². The molecule has 76 valence electrons. The number of aryl methyl sites for hydroxylation is 2. The van der Waals surface area contributed by atoms with E-state index in [4.69, 9.17) is 4.74 Å². The molecule has 0 spiro atoms. The lowest BCUT2D eigenvalue weighted by atomic mass is 10.3. The van der Waals surface area contributed by atoms with Crippen molar-refractivity contribution in [1.29, 1.82) is 0 Å². The first-order chi connectivity index (χ1) is 6.60. The second-order valence-electron chi connectivity index (χ2n) is 3.87. The van der Waals surface area contributed by atoms with Crippen LogP contribution in [0.4, 0.5) is 0 Å². The monoisotopic (exact) mass is 194 g/mol. The molecule has 1 saturated carbocycles. The molecule has 0 radical (unpaired) electrons. The van der Waals surface area contributed by atoms with Gasteiger partial charge >= 0.3 is 5.97 Å². The SMILES string of the molecule is COC(=O)C1(n2cc(C)c(C)n2)CC1. The molecule has 0 aliphatic heterocycles. The summed E-state index contributed by atoms with van der Waals surface area (Å²) in [5, 5.41) is 4.33. The zero-order valence-electron chi connectivity index (χ0n) is 8.70. The number of aromatic nitrogens is 2. The third-order valence-electron chi connectivity index (χ3n) is 2.87. The number of carbonyl (C=O) groups is 1. The minimum atomic E-state index is -0.492. The Morgan fingerprint density at radius 1 is 1.57 bits per heavy atom. The van der Waals surface area contributed by atoms with Crippen molar-refractivity contribution < 1.29 is 9.53 Å². The lowest BCUT2D eigenvalue weighted by Crippen LogP contribution is -2.29. The minimum absolute atomic E-state index is 0.181. The van der Waals surface area contributed by atoms with Gasteiger partial charge in [-0.2, -0.15) is 5.10 Å². The van der Waals surface area contributed by atoms with Crippen molar-refractivity contribution in [2.75, 3.05) is 7.11 Å². The highest BCUT2D eigenvalue weighted by atomic mass is 16.5. The second-order valence-corrected chi connectivity index (χ2v) is 3.87. The Hall–Kier alpha value is -1.32. The zero-order chi connectivity index (χ0) is 10.3. The number of ether oxygens (including phenoxy) is 1. The van der Waals surface area contributed by atoms with E-state index in [0.717, 1.165) is 24.1 Å². The van der Waals surface area contributed by atoms with E-state index < -0.39 is 5.54 Å². The number of methoxy groups -OCH3 is 1. The van der Waals surface area contributed by atoms with Gasteiger partial charge in [0, 0.05) is 6.20 Å². The highest BCUT2D eigenvalue weighted by Gasteiger charge is 2.54. The van der Waals surface area contributed by atoms with Crippen molar-refractivity contribution in [3.63, 3.8) is 0 Å². The quantitative estimate of drug-likeness (QED) is 0.664. The number of esters is 1. The molecular weight excluding hydrogens is 180 g/mol. The van der Waals surface area contributed by atoms with E-state index in [1.54, 1.807) is 4.68 Å². The van der Waals surface area contributed by atoms with Crippen molar-refractivity contribution in [2.24, 2.45) is 0 Å². The van der Waals surface area contributed by atoms with Crippen LogP contribution in [0.5, 0.6) is 0 Å². The van der Waals surface area contributed by atoms with Crippen LogP contribution >= 0.6 is 0 Å². The van der Waals surface area contributed by atoms with Gasteiger partial charge in [0.2, 0.25) is 0 Å². The highest BCUT2D eigenvalue weighted by Crippen LogP contribution is 2.44. The van der Waals surface area contributed by atoms with Crippen molar-refractivity contribution in [3.8, 4) is 0 Å². The number of hydrogen-bond donors (Lipinski definition) is 0. The summed E-state index contributed by atoms with van der Waals surface area (Å²) in [7, 11) is 1.42. The second kappa shape index (κ2) is 2.83. The minimum Gasteiger partial charge on any atom is -0.467 e. The molecule has 0 amide bonds. The Bertz CT molecular complexity index is 358. The topological polar surface area (TPSA) is 44.1 Å². The molecule has 0 N–H and O–H groups in total. The molecular formula is C10H14N2O2. The fourth-order valence-electron chi connectivity index (χ4n) is 1.60. The Balaban J connectivity index is 2.35. The average molecular weight is 194 g/mol. The van der Waals surface area contributed by atoms with Crippen molar-refractivity contribution in [2.45, 2.75) is 32.2 Å². The number of rotatable bonds is 2. The van der Waals surface area contributed by atoms with Gasteiger partial charge in [0.1, 0.15) is 0 Å². The van der Waals surface area contributed by atoms with E-state index in [2.05, 4.69) is 5.10 Å². The summed E-state index contributed by atoms with van der Waals surface area (Å²) in [6.07, 6.45) is 3.58. The summed E-state index contributed by atoms with van der Waals surface area (Å²) in [6, 6.07) is 0. The van der Waals surface area contributed by atoms with E-state index in [9.17, 15) is 4.79 Å². The van der Waals surface area contributed by atoms with E-state index in [-0.39, 0.29) is 5.97 Å². The van der Waals surface area contributed by atoms with E-state index >= 15 is 0 Å². The smallest absolute Gasteiger partial charge is 0.333 e. The number of hydrogen-bond acceptors (Lipinski definition) is 3. The summed E-state index contributed by atoms with van der Waals surface area (Å²) < 4.78 is 6.53. The van der Waals surface area contributed by atoms with Gasteiger partial charge in [-0.05, 0) is 32.3 Å². The molecule has 4 nitrogen and oxygen atoms in total. The lowest BCUT2D eigenvalue weighted by molar-refractivity contribution is -0.146. The van der Waals surface area contributed by atoms with Gasteiger partial charge in [0.15, 0.2) is 5.54 Å². The molecule has 1 aliphatic carbocycles. The van der Waals surface area contributed by atoms with Crippen LogP contribution in [0, 0.1) is 13.8 Å². The summed E-state index contributed by atoms with van der Waals surface area (Å²) in [6.45, 7) is 3.94. The maximum absolute atomic E-state index is 11.5. The summed E-state index contributed by atoms with van der Waals surface area (Å²) in [5.74, 6) is -0.181. The molecule has 0 atom stereocenters. The maximum atomic E-state index is 11.5. The number of nitrogens with zero attached hydrogens (tertiary/aromatic N) is 2. The zero-order valence-corrected chi connectivity index (χ0v) is 8.70. The fraction of sp³-hybridized carbons (Fsp3) is 0.600. The van der Waals surface area contributed by atoms with Gasteiger partial charge in [-0.1, -0.05) is 0 Å². The molecule has 0 saturated heterocycles. The number of carbonyl (C=O) groups excluding carboxylic acids is 1. The third kappa shape index (κ3) is 1.14. The normalized spacial score (nSPS) is 17.9. The van der Waals surface area contributed by atoms with Crippen molar-refractivity contribution >= 4 is 5.97 Å². The molecule has 14 heavy (non-hydrogen) atoms. The highest BCUT2D eigenvalue weighted by molar-refractivity contribution is 5.81. The predicted molar refractivity (Wildman–Crippen MR) is 50.9 cm³/mol. The van der Waals surface area contributed by atoms with Gasteiger partial charge in [-0.25, -0.2) is 4.79 Å². The Kier molecular flexibility index (Phi) is 1.87. The van der Waals surface area contributed by atoms with Gasteiger partial charge in [-0.15, -0.1) is 0 Å². The largest absolute Gasteiger partial charge is 0.467 e. The standard InChI is InChI=1S/C10H14N2O2/c1-7-6-12(11-8(7)2)10(4-5-10)9(13)14-3/h6H,4-5H2,1-3H3. The van der Waals surface area contributed by atoms with Gasteiger partial charge < -0.3 is 4.74 Å². The molecule has 1 aromatic heterocycles. The first-order valence-electron chi connectivity index (χ1n) is 4.72. The Labute approximate surface area is 82.9 Å². The first-order valence-corrected chi connectivity index (χ1v) is 4.72. The van der Waals surface area contributed by atoms with Crippen LogP contribution in [0.15, 0.2) is 6.20 Å². The molecule has 0 aromatic carbocycles. The molecule has 1 aromatic rings. The molecule has 1 heterocycles. The maximum Gasteiger partial charge on any atom is 0.333 e. The van der Waals surface area contributed by atoms with E-state index in [0.29, 0.717) is 0 Å². The molecule has 0 unspecified atom stereocenters. The van der Waals surface area contributed by atoms with Crippen LogP contribution in [0.25, 0.3) is 0 Å². The summed E-state index contributed by atoms with van der Waals surface area (Å²) in [5.41, 5.74) is 1.59. The molecule has 4 heteroatoms. The Morgan fingerprint density at radius 2 is 2.21 bits per heavy atom. The Morgan fingerprint density at radius 3 is 2.57 bits per heavy atom. The first kappa shape index (κ1) is 9.24. The van der Waals surface area contributed by atoms with Gasteiger partial charge in [0.05, 0.1) is 12.8 Å². The van der Waals surface area contributed by atoms with Gasteiger partial charge in [-0.3, -0.25) is 4.68 Å². The van der Waals surface area contributed by atoms with Crippen LogP contribution < -0.4 is 0 Å². The van der Waals surface area contributed by atoms with E-state index in [1.807, 2.05) is 20.0 Å². The fourth-order valence-corrected chi connectivity index (χ4v) is 1.60. The predicted octanol–water partition coefficient (Wildman–Crippen LogP) is 1.16. The van der Waals surface area contributed by atoms with Crippen LogP contribution in [0.3, 0.4) is 0 Å². The third-order valence-corrected chi connectivity index (χ3v) is 2.87. The van der Waals surface area contributed by atoms with Crippen LogP contribution in [0.2, 0.25) is 0 Å².